The first-order valence-electron chi connectivity index (χ1n) is 8.31. The minimum Gasteiger partial charge on any atom is -0.351 e. The van der Waals surface area contributed by atoms with Crippen LogP contribution in [0.2, 0.25) is 0 Å². The number of hydrogen-bond acceptors (Lipinski definition) is 3. The second-order valence-corrected chi connectivity index (χ2v) is 6.53. The SMILES string of the molecule is CCC1(C(=O)NCc2ccc(-n3nc(C)cc3C)nc2)CCC1. The highest BCUT2D eigenvalue weighted by Crippen LogP contribution is 2.43. The van der Waals surface area contributed by atoms with Crippen molar-refractivity contribution in [2.75, 3.05) is 0 Å². The Morgan fingerprint density at radius 2 is 2.13 bits per heavy atom. The third kappa shape index (κ3) is 3.00. The predicted octanol–water partition coefficient (Wildman–Crippen LogP) is 3.08. The fraction of sp³-hybridized carbons (Fsp3) is 0.500. The summed E-state index contributed by atoms with van der Waals surface area (Å²) in [4.78, 5) is 16.8. The topological polar surface area (TPSA) is 59.8 Å². The highest BCUT2D eigenvalue weighted by atomic mass is 16.2. The molecule has 122 valence electrons. The van der Waals surface area contributed by atoms with Crippen molar-refractivity contribution in [1.82, 2.24) is 20.1 Å². The summed E-state index contributed by atoms with van der Waals surface area (Å²) < 4.78 is 1.83. The van der Waals surface area contributed by atoms with Crippen molar-refractivity contribution in [3.05, 3.63) is 41.3 Å². The third-order valence-corrected chi connectivity index (χ3v) is 4.96. The molecule has 1 aliphatic rings. The number of hydrogen-bond donors (Lipinski definition) is 1. The average Bonchev–Trinajstić information content (AvgIpc) is 2.84. The minimum atomic E-state index is -0.114. The van der Waals surface area contributed by atoms with Crippen molar-refractivity contribution < 1.29 is 4.79 Å². The number of aromatic nitrogens is 3. The lowest BCUT2D eigenvalue weighted by Crippen LogP contribution is -2.44. The van der Waals surface area contributed by atoms with Crippen molar-refractivity contribution in [3.63, 3.8) is 0 Å². The highest BCUT2D eigenvalue weighted by Gasteiger charge is 2.41. The summed E-state index contributed by atoms with van der Waals surface area (Å²) in [6.45, 7) is 6.62. The molecular formula is C18H24N4O. The summed E-state index contributed by atoms with van der Waals surface area (Å²) in [5.74, 6) is 0.989. The summed E-state index contributed by atoms with van der Waals surface area (Å²) in [6, 6.07) is 5.97. The Morgan fingerprint density at radius 3 is 2.61 bits per heavy atom. The van der Waals surface area contributed by atoms with Crippen LogP contribution in [-0.4, -0.2) is 20.7 Å². The molecule has 1 N–H and O–H groups in total. The first-order chi connectivity index (χ1) is 11.0. The van der Waals surface area contributed by atoms with Crippen LogP contribution in [-0.2, 0) is 11.3 Å². The van der Waals surface area contributed by atoms with Gasteiger partial charge in [-0.05, 0) is 50.8 Å². The monoisotopic (exact) mass is 312 g/mol. The van der Waals surface area contributed by atoms with Crippen molar-refractivity contribution in [1.29, 1.82) is 0 Å². The van der Waals surface area contributed by atoms with Gasteiger partial charge in [0.25, 0.3) is 0 Å². The summed E-state index contributed by atoms with van der Waals surface area (Å²) >= 11 is 0. The van der Waals surface area contributed by atoms with Crippen molar-refractivity contribution in [2.24, 2.45) is 5.41 Å². The molecule has 0 unspecified atom stereocenters. The van der Waals surface area contributed by atoms with E-state index in [1.165, 1.54) is 6.42 Å². The number of carbonyl (C=O) groups excluding carboxylic acids is 1. The van der Waals surface area contributed by atoms with Crippen LogP contribution in [0.15, 0.2) is 24.4 Å². The number of amides is 1. The molecule has 1 fully saturated rings. The van der Waals surface area contributed by atoms with E-state index >= 15 is 0 Å². The van der Waals surface area contributed by atoms with Gasteiger partial charge in [0.2, 0.25) is 5.91 Å². The van der Waals surface area contributed by atoms with E-state index in [2.05, 4.69) is 22.3 Å². The molecule has 0 aromatic carbocycles. The van der Waals surface area contributed by atoms with Crippen molar-refractivity contribution in [2.45, 2.75) is 53.0 Å². The zero-order chi connectivity index (χ0) is 16.4. The maximum atomic E-state index is 12.3. The maximum absolute atomic E-state index is 12.3. The second-order valence-electron chi connectivity index (χ2n) is 6.53. The predicted molar refractivity (Wildman–Crippen MR) is 89.3 cm³/mol. The van der Waals surface area contributed by atoms with E-state index in [4.69, 9.17) is 0 Å². The zero-order valence-electron chi connectivity index (χ0n) is 14.1. The van der Waals surface area contributed by atoms with Gasteiger partial charge < -0.3 is 5.32 Å². The van der Waals surface area contributed by atoms with Crippen LogP contribution < -0.4 is 5.32 Å². The van der Waals surface area contributed by atoms with Gasteiger partial charge in [-0.3, -0.25) is 4.79 Å². The van der Waals surface area contributed by atoms with Crippen LogP contribution in [0.4, 0.5) is 0 Å². The fourth-order valence-electron chi connectivity index (χ4n) is 3.22. The van der Waals surface area contributed by atoms with E-state index in [1.807, 2.05) is 42.9 Å². The summed E-state index contributed by atoms with van der Waals surface area (Å²) in [5, 5.41) is 7.50. The van der Waals surface area contributed by atoms with Gasteiger partial charge in [-0.25, -0.2) is 9.67 Å². The number of nitrogens with zero attached hydrogens (tertiary/aromatic N) is 3. The van der Waals surface area contributed by atoms with Crippen molar-refractivity contribution in [3.8, 4) is 5.82 Å². The summed E-state index contributed by atoms with van der Waals surface area (Å²) in [7, 11) is 0. The van der Waals surface area contributed by atoms with Crippen molar-refractivity contribution >= 4 is 5.91 Å². The van der Waals surface area contributed by atoms with E-state index in [1.54, 1.807) is 0 Å². The largest absolute Gasteiger partial charge is 0.351 e. The Morgan fingerprint density at radius 1 is 1.35 bits per heavy atom. The van der Waals surface area contributed by atoms with Gasteiger partial charge in [0.05, 0.1) is 5.69 Å². The quantitative estimate of drug-likeness (QED) is 0.923. The average molecular weight is 312 g/mol. The molecule has 1 saturated carbocycles. The smallest absolute Gasteiger partial charge is 0.226 e. The normalized spacial score (nSPS) is 16.0. The van der Waals surface area contributed by atoms with E-state index in [9.17, 15) is 4.79 Å². The van der Waals surface area contributed by atoms with E-state index < -0.39 is 0 Å². The molecule has 0 radical (unpaired) electrons. The number of rotatable bonds is 5. The number of carbonyl (C=O) groups is 1. The Kier molecular flexibility index (Phi) is 4.20. The molecule has 1 amide bonds. The maximum Gasteiger partial charge on any atom is 0.226 e. The third-order valence-electron chi connectivity index (χ3n) is 4.96. The molecule has 2 aromatic rings. The van der Waals surface area contributed by atoms with Crippen LogP contribution in [0.3, 0.4) is 0 Å². The lowest BCUT2D eigenvalue weighted by atomic mass is 9.66. The lowest BCUT2D eigenvalue weighted by molar-refractivity contribution is -0.136. The molecule has 2 heterocycles. The van der Waals surface area contributed by atoms with E-state index in [0.29, 0.717) is 6.54 Å². The molecule has 5 nitrogen and oxygen atoms in total. The highest BCUT2D eigenvalue weighted by molar-refractivity contribution is 5.83. The Labute approximate surface area is 137 Å². The van der Waals surface area contributed by atoms with Crippen LogP contribution in [0.5, 0.6) is 0 Å². The van der Waals surface area contributed by atoms with Gasteiger partial charge in [0.1, 0.15) is 0 Å². The van der Waals surface area contributed by atoms with Crippen LogP contribution in [0.1, 0.15) is 49.6 Å². The van der Waals surface area contributed by atoms with Gasteiger partial charge in [-0.15, -0.1) is 0 Å². The number of aryl methyl sites for hydroxylation is 2. The first-order valence-corrected chi connectivity index (χ1v) is 8.31. The number of pyridine rings is 1. The van der Waals surface area contributed by atoms with Gasteiger partial charge in [0, 0.05) is 23.9 Å². The minimum absolute atomic E-state index is 0.114. The molecule has 2 aromatic heterocycles. The summed E-state index contributed by atoms with van der Waals surface area (Å²) in [6.07, 6.45) is 5.94. The molecule has 5 heteroatoms. The van der Waals surface area contributed by atoms with Gasteiger partial charge in [-0.2, -0.15) is 5.10 Å². The molecule has 0 saturated heterocycles. The summed E-state index contributed by atoms with van der Waals surface area (Å²) in [5.41, 5.74) is 2.93. The molecule has 23 heavy (non-hydrogen) atoms. The molecular weight excluding hydrogens is 288 g/mol. The van der Waals surface area contributed by atoms with Gasteiger partial charge in [-0.1, -0.05) is 19.4 Å². The number of nitrogens with one attached hydrogen (secondary N) is 1. The van der Waals surface area contributed by atoms with Gasteiger partial charge in [0.15, 0.2) is 5.82 Å². The second kappa shape index (κ2) is 6.14. The molecule has 0 atom stereocenters. The van der Waals surface area contributed by atoms with E-state index in [0.717, 1.165) is 42.0 Å². The lowest BCUT2D eigenvalue weighted by Gasteiger charge is -2.39. The first kappa shape index (κ1) is 15.7. The zero-order valence-corrected chi connectivity index (χ0v) is 14.1. The fourth-order valence-corrected chi connectivity index (χ4v) is 3.22. The molecule has 1 aliphatic carbocycles. The molecule has 0 bridgehead atoms. The van der Waals surface area contributed by atoms with Crippen LogP contribution in [0, 0.1) is 19.3 Å². The van der Waals surface area contributed by atoms with Gasteiger partial charge >= 0.3 is 0 Å². The Bertz CT molecular complexity index is 693. The van der Waals surface area contributed by atoms with Crippen LogP contribution >= 0.6 is 0 Å². The Hall–Kier alpha value is -2.17. The van der Waals surface area contributed by atoms with Crippen LogP contribution in [0.25, 0.3) is 5.82 Å². The molecule has 0 aliphatic heterocycles. The van der Waals surface area contributed by atoms with E-state index in [-0.39, 0.29) is 11.3 Å². The molecule has 3 rings (SSSR count). The Balaban J connectivity index is 1.64. The molecule has 0 spiro atoms. The standard InChI is InChI=1S/C18H24N4O/c1-4-18(8-5-9-18)17(23)20-12-15-6-7-16(19-11-15)22-14(3)10-13(2)21-22/h6-7,10-11H,4-5,8-9,12H2,1-3H3,(H,20,23).